The third kappa shape index (κ3) is 4.84. The lowest BCUT2D eigenvalue weighted by molar-refractivity contribution is -0.116. The molecule has 3 nitrogen and oxygen atoms in total. The molecule has 0 heterocycles. The smallest absolute Gasteiger partial charge is 0.225 e. The van der Waals surface area contributed by atoms with Gasteiger partial charge in [0.05, 0.1) is 10.7 Å². The van der Waals surface area contributed by atoms with Gasteiger partial charge in [0.2, 0.25) is 5.91 Å². The minimum atomic E-state index is 0.0106. The second kappa shape index (κ2) is 7.51. The van der Waals surface area contributed by atoms with Crippen LogP contribution in [0.2, 0.25) is 5.02 Å². The van der Waals surface area contributed by atoms with E-state index in [1.54, 1.807) is 6.07 Å². The number of halogens is 1. The van der Waals surface area contributed by atoms with E-state index in [4.69, 9.17) is 11.6 Å². The Bertz CT molecular complexity index is 416. The number of amides is 1. The standard InChI is InChI=1S/C15H21ClN2O/c16-13-8-4-5-9-14(13)18-15(19)10-11-17-12-6-2-1-3-7-12/h4-5,8-9,12,17H,1-3,6-7,10-11H2,(H,18,19). The number of para-hydroxylation sites is 1. The highest BCUT2D eigenvalue weighted by Crippen LogP contribution is 2.20. The molecule has 0 spiro atoms. The maximum atomic E-state index is 11.8. The predicted molar refractivity (Wildman–Crippen MR) is 79.6 cm³/mol. The highest BCUT2D eigenvalue weighted by molar-refractivity contribution is 6.33. The first-order valence-corrected chi connectivity index (χ1v) is 7.41. The maximum absolute atomic E-state index is 11.8. The Morgan fingerprint density at radius 1 is 1.21 bits per heavy atom. The Balaban J connectivity index is 1.68. The van der Waals surface area contributed by atoms with Crippen molar-refractivity contribution in [2.24, 2.45) is 0 Å². The van der Waals surface area contributed by atoms with E-state index in [-0.39, 0.29) is 5.91 Å². The van der Waals surface area contributed by atoms with Crippen molar-refractivity contribution in [2.45, 2.75) is 44.6 Å². The summed E-state index contributed by atoms with van der Waals surface area (Å²) in [5.41, 5.74) is 0.687. The Morgan fingerprint density at radius 2 is 1.95 bits per heavy atom. The second-order valence-corrected chi connectivity index (χ2v) is 5.47. The average molecular weight is 281 g/mol. The zero-order chi connectivity index (χ0) is 13.5. The third-order valence-electron chi connectivity index (χ3n) is 3.54. The van der Waals surface area contributed by atoms with Gasteiger partial charge in [-0.25, -0.2) is 0 Å². The van der Waals surface area contributed by atoms with Crippen LogP contribution in [0.4, 0.5) is 5.69 Å². The first-order chi connectivity index (χ1) is 9.25. The number of rotatable bonds is 5. The fraction of sp³-hybridized carbons (Fsp3) is 0.533. The van der Waals surface area contributed by atoms with Crippen LogP contribution >= 0.6 is 11.6 Å². The SMILES string of the molecule is O=C(CCNC1CCCCC1)Nc1ccccc1Cl. The molecule has 1 aromatic carbocycles. The summed E-state index contributed by atoms with van der Waals surface area (Å²) in [6.07, 6.45) is 6.94. The van der Waals surface area contributed by atoms with Gasteiger partial charge in [-0.3, -0.25) is 4.79 Å². The van der Waals surface area contributed by atoms with E-state index in [1.807, 2.05) is 18.2 Å². The van der Waals surface area contributed by atoms with Crippen molar-refractivity contribution >= 4 is 23.2 Å². The van der Waals surface area contributed by atoms with Crippen LogP contribution in [0.1, 0.15) is 38.5 Å². The van der Waals surface area contributed by atoms with E-state index in [9.17, 15) is 4.79 Å². The van der Waals surface area contributed by atoms with Crippen LogP contribution in [-0.2, 0) is 4.79 Å². The molecule has 1 aliphatic carbocycles. The van der Waals surface area contributed by atoms with Crippen LogP contribution < -0.4 is 10.6 Å². The molecule has 0 unspecified atom stereocenters. The van der Waals surface area contributed by atoms with Crippen LogP contribution in [0, 0.1) is 0 Å². The Kier molecular flexibility index (Phi) is 5.67. The van der Waals surface area contributed by atoms with Gasteiger partial charge in [-0.2, -0.15) is 0 Å². The highest BCUT2D eigenvalue weighted by atomic mass is 35.5. The fourth-order valence-corrected chi connectivity index (χ4v) is 2.65. The zero-order valence-electron chi connectivity index (χ0n) is 11.1. The molecule has 0 saturated heterocycles. The van der Waals surface area contributed by atoms with Crippen molar-refractivity contribution in [3.63, 3.8) is 0 Å². The van der Waals surface area contributed by atoms with Gasteiger partial charge < -0.3 is 10.6 Å². The summed E-state index contributed by atoms with van der Waals surface area (Å²) < 4.78 is 0. The summed E-state index contributed by atoms with van der Waals surface area (Å²) in [6, 6.07) is 7.90. The van der Waals surface area contributed by atoms with Crippen LogP contribution in [-0.4, -0.2) is 18.5 Å². The summed E-state index contributed by atoms with van der Waals surface area (Å²) in [7, 11) is 0. The second-order valence-electron chi connectivity index (χ2n) is 5.07. The van der Waals surface area contributed by atoms with Crippen LogP contribution in [0.15, 0.2) is 24.3 Å². The molecule has 0 radical (unpaired) electrons. The molecule has 0 atom stereocenters. The molecule has 4 heteroatoms. The van der Waals surface area contributed by atoms with Crippen molar-refractivity contribution in [3.05, 3.63) is 29.3 Å². The molecule has 0 aliphatic heterocycles. The van der Waals surface area contributed by atoms with Gasteiger partial charge in [-0.1, -0.05) is 43.0 Å². The number of nitrogens with one attached hydrogen (secondary N) is 2. The van der Waals surface area contributed by atoms with E-state index < -0.39 is 0 Å². The molecule has 0 bridgehead atoms. The largest absolute Gasteiger partial charge is 0.325 e. The van der Waals surface area contributed by atoms with Gasteiger partial charge in [0, 0.05) is 19.0 Å². The molecule has 1 aromatic rings. The Hall–Kier alpha value is -1.06. The molecule has 2 rings (SSSR count). The van der Waals surface area contributed by atoms with Gasteiger partial charge in [-0.15, -0.1) is 0 Å². The van der Waals surface area contributed by atoms with E-state index in [0.717, 1.165) is 6.54 Å². The quantitative estimate of drug-likeness (QED) is 0.865. The lowest BCUT2D eigenvalue weighted by atomic mass is 9.95. The average Bonchev–Trinajstić information content (AvgIpc) is 2.43. The molecular weight excluding hydrogens is 260 g/mol. The predicted octanol–water partition coefficient (Wildman–Crippen LogP) is 3.59. The Morgan fingerprint density at radius 3 is 2.68 bits per heavy atom. The van der Waals surface area contributed by atoms with Crippen molar-refractivity contribution in [1.29, 1.82) is 0 Å². The first-order valence-electron chi connectivity index (χ1n) is 7.03. The van der Waals surface area contributed by atoms with E-state index in [0.29, 0.717) is 23.2 Å². The van der Waals surface area contributed by atoms with Gasteiger partial charge in [0.1, 0.15) is 0 Å². The molecule has 1 saturated carbocycles. The summed E-state index contributed by atoms with van der Waals surface area (Å²) in [5, 5.41) is 6.88. The van der Waals surface area contributed by atoms with Crippen molar-refractivity contribution in [3.8, 4) is 0 Å². The number of hydrogen-bond acceptors (Lipinski definition) is 2. The van der Waals surface area contributed by atoms with E-state index in [1.165, 1.54) is 32.1 Å². The molecule has 2 N–H and O–H groups in total. The van der Waals surface area contributed by atoms with E-state index >= 15 is 0 Å². The molecule has 1 amide bonds. The lowest BCUT2D eigenvalue weighted by Crippen LogP contribution is -2.33. The highest BCUT2D eigenvalue weighted by Gasteiger charge is 2.13. The number of carbonyl (C=O) groups is 1. The van der Waals surface area contributed by atoms with Crippen molar-refractivity contribution < 1.29 is 4.79 Å². The number of carbonyl (C=O) groups excluding carboxylic acids is 1. The molecule has 0 aromatic heterocycles. The monoisotopic (exact) mass is 280 g/mol. The lowest BCUT2D eigenvalue weighted by Gasteiger charge is -2.22. The van der Waals surface area contributed by atoms with E-state index in [2.05, 4.69) is 10.6 Å². The van der Waals surface area contributed by atoms with Gasteiger partial charge in [0.15, 0.2) is 0 Å². The molecule has 104 valence electrons. The van der Waals surface area contributed by atoms with Crippen LogP contribution in [0.3, 0.4) is 0 Å². The Labute approximate surface area is 119 Å². The fourth-order valence-electron chi connectivity index (χ4n) is 2.47. The van der Waals surface area contributed by atoms with Crippen molar-refractivity contribution in [2.75, 3.05) is 11.9 Å². The summed E-state index contributed by atoms with van der Waals surface area (Å²) in [6.45, 7) is 0.737. The summed E-state index contributed by atoms with van der Waals surface area (Å²) in [4.78, 5) is 11.8. The summed E-state index contributed by atoms with van der Waals surface area (Å²) in [5.74, 6) is 0.0106. The maximum Gasteiger partial charge on any atom is 0.225 e. The zero-order valence-corrected chi connectivity index (χ0v) is 11.9. The normalized spacial score (nSPS) is 16.3. The van der Waals surface area contributed by atoms with Crippen LogP contribution in [0.25, 0.3) is 0 Å². The topological polar surface area (TPSA) is 41.1 Å². The number of anilines is 1. The minimum Gasteiger partial charge on any atom is -0.325 e. The van der Waals surface area contributed by atoms with Gasteiger partial charge >= 0.3 is 0 Å². The minimum absolute atomic E-state index is 0.0106. The number of hydrogen-bond donors (Lipinski definition) is 2. The third-order valence-corrected chi connectivity index (χ3v) is 3.87. The molecule has 19 heavy (non-hydrogen) atoms. The van der Waals surface area contributed by atoms with Gasteiger partial charge in [-0.05, 0) is 25.0 Å². The molecular formula is C15H21ClN2O. The number of benzene rings is 1. The summed E-state index contributed by atoms with van der Waals surface area (Å²) >= 11 is 5.99. The van der Waals surface area contributed by atoms with Gasteiger partial charge in [0.25, 0.3) is 0 Å². The molecule has 1 fully saturated rings. The van der Waals surface area contributed by atoms with Crippen molar-refractivity contribution in [1.82, 2.24) is 5.32 Å². The van der Waals surface area contributed by atoms with Crippen LogP contribution in [0.5, 0.6) is 0 Å². The molecule has 1 aliphatic rings. The first kappa shape index (κ1) is 14.4.